The fourth-order valence-corrected chi connectivity index (χ4v) is 3.53. The van der Waals surface area contributed by atoms with Gasteiger partial charge >= 0.3 is 0 Å². The van der Waals surface area contributed by atoms with Crippen LogP contribution in [0.1, 0.15) is 18.9 Å². The van der Waals surface area contributed by atoms with Gasteiger partial charge in [-0.05, 0) is 37.1 Å². The molecule has 1 fully saturated rings. The summed E-state index contributed by atoms with van der Waals surface area (Å²) in [7, 11) is 0. The van der Waals surface area contributed by atoms with Crippen LogP contribution in [0, 0.1) is 6.92 Å². The summed E-state index contributed by atoms with van der Waals surface area (Å²) in [6.45, 7) is 6.97. The lowest BCUT2D eigenvalue weighted by Crippen LogP contribution is -2.33. The van der Waals surface area contributed by atoms with E-state index in [4.69, 9.17) is 4.98 Å². The summed E-state index contributed by atoms with van der Waals surface area (Å²) in [5.41, 5.74) is 4.02. The van der Waals surface area contributed by atoms with Crippen molar-refractivity contribution in [2.24, 2.45) is 0 Å². The van der Waals surface area contributed by atoms with Crippen molar-refractivity contribution >= 4 is 22.8 Å². The van der Waals surface area contributed by atoms with Crippen molar-refractivity contribution in [2.75, 3.05) is 31.1 Å². The van der Waals surface area contributed by atoms with E-state index >= 15 is 0 Å². The summed E-state index contributed by atoms with van der Waals surface area (Å²) in [6.07, 6.45) is 4.80. The third-order valence-corrected chi connectivity index (χ3v) is 4.94. The second kappa shape index (κ2) is 6.78. The van der Waals surface area contributed by atoms with Gasteiger partial charge in [0.15, 0.2) is 0 Å². The number of fused-ring (bicyclic) bond motifs is 1. The van der Waals surface area contributed by atoms with E-state index in [1.807, 2.05) is 42.4 Å². The molecule has 1 amide bonds. The molecule has 1 aliphatic heterocycles. The lowest BCUT2D eigenvalue weighted by molar-refractivity contribution is -0.128. The van der Waals surface area contributed by atoms with Crippen molar-refractivity contribution in [3.63, 3.8) is 0 Å². The van der Waals surface area contributed by atoms with Gasteiger partial charge in [-0.25, -0.2) is 9.97 Å². The summed E-state index contributed by atoms with van der Waals surface area (Å²) in [4.78, 5) is 28.4. The number of aromatic amines is 1. The van der Waals surface area contributed by atoms with Gasteiger partial charge in [0, 0.05) is 56.4 Å². The molecule has 0 spiro atoms. The van der Waals surface area contributed by atoms with Crippen LogP contribution in [-0.4, -0.2) is 51.9 Å². The van der Waals surface area contributed by atoms with Crippen LogP contribution < -0.4 is 4.90 Å². The number of hydrogen-bond donors (Lipinski definition) is 1. The zero-order valence-corrected chi connectivity index (χ0v) is 15.2. The SMILES string of the molecule is CC(=O)N1CCCN(c2cccc(-c3c[nH]c4ncc(C)cc34)n2)CC1. The normalized spacial score (nSPS) is 15.3. The van der Waals surface area contributed by atoms with Crippen LogP contribution in [-0.2, 0) is 4.79 Å². The maximum atomic E-state index is 11.6. The molecule has 0 radical (unpaired) electrons. The Morgan fingerprint density at radius 3 is 2.92 bits per heavy atom. The number of carbonyl (C=O) groups excluding carboxylic acids is 1. The van der Waals surface area contributed by atoms with E-state index in [0.29, 0.717) is 0 Å². The Hall–Kier alpha value is -2.89. The highest BCUT2D eigenvalue weighted by atomic mass is 16.2. The maximum Gasteiger partial charge on any atom is 0.219 e. The first kappa shape index (κ1) is 16.6. The minimum atomic E-state index is 0.148. The molecule has 0 bridgehead atoms. The molecule has 4 heterocycles. The van der Waals surface area contributed by atoms with E-state index in [1.54, 1.807) is 6.92 Å². The van der Waals surface area contributed by atoms with Crippen LogP contribution in [0.5, 0.6) is 0 Å². The highest BCUT2D eigenvalue weighted by Crippen LogP contribution is 2.28. The van der Waals surface area contributed by atoms with Crippen molar-refractivity contribution in [3.05, 3.63) is 42.2 Å². The van der Waals surface area contributed by atoms with E-state index in [9.17, 15) is 4.79 Å². The van der Waals surface area contributed by atoms with Crippen molar-refractivity contribution in [1.82, 2.24) is 19.9 Å². The number of carbonyl (C=O) groups is 1. The second-order valence-electron chi connectivity index (χ2n) is 6.84. The van der Waals surface area contributed by atoms with Crippen molar-refractivity contribution in [2.45, 2.75) is 20.3 Å². The average Bonchev–Trinajstić information content (AvgIpc) is 2.88. The number of aryl methyl sites for hydroxylation is 1. The Labute approximate surface area is 152 Å². The number of H-pyrrole nitrogens is 1. The molecular weight excluding hydrogens is 326 g/mol. The number of nitrogens with zero attached hydrogens (tertiary/aromatic N) is 4. The van der Waals surface area contributed by atoms with Crippen LogP contribution in [0.15, 0.2) is 36.7 Å². The molecule has 26 heavy (non-hydrogen) atoms. The largest absolute Gasteiger partial charge is 0.355 e. The van der Waals surface area contributed by atoms with Gasteiger partial charge in [0.1, 0.15) is 11.5 Å². The molecule has 6 heteroatoms. The number of hydrogen-bond acceptors (Lipinski definition) is 4. The summed E-state index contributed by atoms with van der Waals surface area (Å²) in [6, 6.07) is 8.27. The smallest absolute Gasteiger partial charge is 0.219 e. The number of rotatable bonds is 2. The fraction of sp³-hybridized carbons (Fsp3) is 0.350. The fourth-order valence-electron chi connectivity index (χ4n) is 3.53. The average molecular weight is 349 g/mol. The molecule has 1 aliphatic rings. The summed E-state index contributed by atoms with van der Waals surface area (Å²) >= 11 is 0. The first-order valence-corrected chi connectivity index (χ1v) is 9.03. The third-order valence-electron chi connectivity index (χ3n) is 4.94. The van der Waals surface area contributed by atoms with Gasteiger partial charge in [0.25, 0.3) is 0 Å². The van der Waals surface area contributed by atoms with E-state index in [2.05, 4.69) is 20.9 Å². The molecule has 4 rings (SSSR count). The van der Waals surface area contributed by atoms with Crippen LogP contribution >= 0.6 is 0 Å². The molecule has 0 aromatic carbocycles. The number of amides is 1. The van der Waals surface area contributed by atoms with E-state index < -0.39 is 0 Å². The Kier molecular flexibility index (Phi) is 4.32. The van der Waals surface area contributed by atoms with Gasteiger partial charge in [-0.2, -0.15) is 0 Å². The van der Waals surface area contributed by atoms with Crippen molar-refractivity contribution in [3.8, 4) is 11.3 Å². The Morgan fingerprint density at radius 2 is 2.08 bits per heavy atom. The highest BCUT2D eigenvalue weighted by Gasteiger charge is 2.18. The molecule has 1 saturated heterocycles. The first-order chi connectivity index (χ1) is 12.6. The number of aromatic nitrogens is 3. The van der Waals surface area contributed by atoms with Gasteiger partial charge in [-0.1, -0.05) is 6.07 Å². The quantitative estimate of drug-likeness (QED) is 0.772. The van der Waals surface area contributed by atoms with Crippen molar-refractivity contribution < 1.29 is 4.79 Å². The predicted molar refractivity (Wildman–Crippen MR) is 103 cm³/mol. The lowest BCUT2D eigenvalue weighted by Gasteiger charge is -2.22. The molecule has 0 saturated carbocycles. The third kappa shape index (κ3) is 3.14. The van der Waals surface area contributed by atoms with Gasteiger partial charge in [-0.15, -0.1) is 0 Å². The van der Waals surface area contributed by atoms with Gasteiger partial charge in [-0.3, -0.25) is 4.79 Å². The molecule has 0 atom stereocenters. The lowest BCUT2D eigenvalue weighted by atomic mass is 10.1. The standard InChI is InChI=1S/C20H23N5O/c1-14-11-16-17(13-22-20(16)21-12-14)18-5-3-6-19(23-18)25-8-4-7-24(9-10-25)15(2)26/h3,5-6,11-13H,4,7-10H2,1-2H3,(H,21,22). The van der Waals surface area contributed by atoms with Crippen LogP contribution in [0.25, 0.3) is 22.3 Å². The van der Waals surface area contributed by atoms with Crippen LogP contribution in [0.3, 0.4) is 0 Å². The molecule has 0 aliphatic carbocycles. The summed E-state index contributed by atoms with van der Waals surface area (Å²) in [5.74, 6) is 1.11. The minimum absolute atomic E-state index is 0.148. The zero-order valence-electron chi connectivity index (χ0n) is 15.2. The van der Waals surface area contributed by atoms with E-state index in [0.717, 1.165) is 66.3 Å². The summed E-state index contributed by atoms with van der Waals surface area (Å²) in [5, 5.41) is 1.09. The topological polar surface area (TPSA) is 65.1 Å². The number of pyridine rings is 2. The molecule has 1 N–H and O–H groups in total. The van der Waals surface area contributed by atoms with Gasteiger partial charge < -0.3 is 14.8 Å². The number of anilines is 1. The van der Waals surface area contributed by atoms with Crippen molar-refractivity contribution in [1.29, 1.82) is 0 Å². The van der Waals surface area contributed by atoms with Gasteiger partial charge in [0.05, 0.1) is 5.69 Å². The molecular formula is C20H23N5O. The molecule has 134 valence electrons. The Bertz CT molecular complexity index is 948. The highest BCUT2D eigenvalue weighted by molar-refractivity contribution is 5.93. The monoisotopic (exact) mass is 349 g/mol. The summed E-state index contributed by atoms with van der Waals surface area (Å²) < 4.78 is 0. The number of nitrogens with one attached hydrogen (secondary N) is 1. The second-order valence-corrected chi connectivity index (χ2v) is 6.84. The molecule has 6 nitrogen and oxygen atoms in total. The van der Waals surface area contributed by atoms with E-state index in [1.165, 1.54) is 0 Å². The Balaban J connectivity index is 1.64. The minimum Gasteiger partial charge on any atom is -0.355 e. The zero-order chi connectivity index (χ0) is 18.1. The predicted octanol–water partition coefficient (Wildman–Crippen LogP) is 2.99. The van der Waals surface area contributed by atoms with Crippen LogP contribution in [0.2, 0.25) is 0 Å². The van der Waals surface area contributed by atoms with E-state index in [-0.39, 0.29) is 5.91 Å². The first-order valence-electron chi connectivity index (χ1n) is 9.03. The van der Waals surface area contributed by atoms with Crippen LogP contribution in [0.4, 0.5) is 5.82 Å². The van der Waals surface area contributed by atoms with Gasteiger partial charge in [0.2, 0.25) is 5.91 Å². The molecule has 3 aromatic heterocycles. The molecule has 3 aromatic rings. The molecule has 0 unspecified atom stereocenters. The Morgan fingerprint density at radius 1 is 1.19 bits per heavy atom. The maximum absolute atomic E-state index is 11.6.